The number of aliphatic hydroxyl groups excluding tert-OH is 1. The minimum absolute atomic E-state index is 0.0817. The average molecular weight is 353 g/mol. The first-order valence-corrected chi connectivity index (χ1v) is 9.16. The summed E-state index contributed by atoms with van der Waals surface area (Å²) in [6.45, 7) is 4.10. The molecule has 1 heterocycles. The first kappa shape index (κ1) is 18.4. The molecule has 3 rings (SSSR count). The summed E-state index contributed by atoms with van der Waals surface area (Å²) in [5, 5.41) is 9.88. The van der Waals surface area contributed by atoms with Crippen LogP contribution in [0.3, 0.4) is 0 Å². The standard InChI is InChI=1S/C21H27N3O2/c22-21(26)19(20(16-25)17-7-3-1-4-8-17)15-23-11-13-24(14-12-23)18-9-5-2-6-10-18/h1-10,19-20,25H,11-16H2,(H2,22,26). The van der Waals surface area contributed by atoms with Gasteiger partial charge in [-0.2, -0.15) is 0 Å². The van der Waals surface area contributed by atoms with Crippen molar-refractivity contribution in [3.8, 4) is 0 Å². The molecular weight excluding hydrogens is 326 g/mol. The summed E-state index contributed by atoms with van der Waals surface area (Å²) in [7, 11) is 0. The van der Waals surface area contributed by atoms with E-state index in [1.54, 1.807) is 0 Å². The SMILES string of the molecule is NC(=O)C(CN1CCN(c2ccccc2)CC1)C(CO)c1ccccc1. The van der Waals surface area contributed by atoms with Crippen molar-refractivity contribution in [3.05, 3.63) is 66.2 Å². The van der Waals surface area contributed by atoms with E-state index in [4.69, 9.17) is 5.73 Å². The van der Waals surface area contributed by atoms with Gasteiger partial charge in [0, 0.05) is 44.3 Å². The number of aliphatic hydroxyl groups is 1. The Balaban J connectivity index is 1.63. The number of amides is 1. The van der Waals surface area contributed by atoms with Crippen LogP contribution in [0.2, 0.25) is 0 Å². The molecule has 5 heteroatoms. The maximum Gasteiger partial charge on any atom is 0.222 e. The third-order valence-electron chi connectivity index (χ3n) is 5.22. The van der Waals surface area contributed by atoms with Gasteiger partial charge in [0.1, 0.15) is 0 Å². The van der Waals surface area contributed by atoms with E-state index in [-0.39, 0.29) is 18.4 Å². The minimum Gasteiger partial charge on any atom is -0.396 e. The number of para-hydroxylation sites is 1. The fourth-order valence-electron chi connectivity index (χ4n) is 3.69. The van der Waals surface area contributed by atoms with Gasteiger partial charge >= 0.3 is 0 Å². The van der Waals surface area contributed by atoms with Crippen LogP contribution in [0, 0.1) is 5.92 Å². The highest BCUT2D eigenvalue weighted by Gasteiger charge is 2.30. The molecule has 5 nitrogen and oxygen atoms in total. The van der Waals surface area contributed by atoms with Crippen molar-refractivity contribution in [2.24, 2.45) is 11.7 Å². The van der Waals surface area contributed by atoms with Gasteiger partial charge in [0.15, 0.2) is 0 Å². The van der Waals surface area contributed by atoms with Crippen molar-refractivity contribution in [2.75, 3.05) is 44.2 Å². The maximum absolute atomic E-state index is 12.1. The summed E-state index contributed by atoms with van der Waals surface area (Å²) in [5.41, 5.74) is 7.89. The largest absolute Gasteiger partial charge is 0.396 e. The Hall–Kier alpha value is -2.37. The summed E-state index contributed by atoms with van der Waals surface area (Å²) in [6.07, 6.45) is 0. The van der Waals surface area contributed by atoms with E-state index >= 15 is 0 Å². The molecule has 26 heavy (non-hydrogen) atoms. The lowest BCUT2D eigenvalue weighted by molar-refractivity contribution is -0.123. The highest BCUT2D eigenvalue weighted by molar-refractivity contribution is 5.78. The van der Waals surface area contributed by atoms with Crippen LogP contribution in [0.5, 0.6) is 0 Å². The predicted molar refractivity (Wildman–Crippen MR) is 104 cm³/mol. The van der Waals surface area contributed by atoms with Crippen LogP contribution in [0.1, 0.15) is 11.5 Å². The number of primary amides is 1. The Labute approximate surface area is 155 Å². The molecule has 2 unspecified atom stereocenters. The van der Waals surface area contributed by atoms with Crippen LogP contribution in [0.4, 0.5) is 5.69 Å². The number of rotatable bonds is 7. The predicted octanol–water partition coefficient (Wildman–Crippen LogP) is 1.69. The summed E-state index contributed by atoms with van der Waals surface area (Å²) < 4.78 is 0. The molecule has 2 aromatic rings. The third kappa shape index (κ3) is 4.42. The Morgan fingerprint density at radius 2 is 1.54 bits per heavy atom. The van der Waals surface area contributed by atoms with Gasteiger partial charge in [-0.3, -0.25) is 9.69 Å². The van der Waals surface area contributed by atoms with Crippen molar-refractivity contribution in [1.29, 1.82) is 0 Å². The molecule has 0 saturated carbocycles. The van der Waals surface area contributed by atoms with E-state index in [0.717, 1.165) is 31.7 Å². The fraction of sp³-hybridized carbons (Fsp3) is 0.381. The minimum atomic E-state index is -0.398. The molecule has 1 aliphatic rings. The monoisotopic (exact) mass is 353 g/mol. The number of nitrogens with two attached hydrogens (primary N) is 1. The van der Waals surface area contributed by atoms with Crippen LogP contribution >= 0.6 is 0 Å². The Kier molecular flexibility index (Phi) is 6.26. The van der Waals surface area contributed by atoms with Crippen LogP contribution in [0.25, 0.3) is 0 Å². The number of piperazine rings is 1. The molecule has 1 aliphatic heterocycles. The molecule has 2 aromatic carbocycles. The summed E-state index contributed by atoms with van der Waals surface area (Å²) in [5.74, 6) is -1.01. The van der Waals surface area contributed by atoms with Gasteiger partial charge in [0.25, 0.3) is 0 Å². The first-order valence-electron chi connectivity index (χ1n) is 9.16. The molecule has 1 saturated heterocycles. The Bertz CT molecular complexity index is 685. The lowest BCUT2D eigenvalue weighted by atomic mass is 9.85. The second kappa shape index (κ2) is 8.83. The van der Waals surface area contributed by atoms with Gasteiger partial charge in [0.2, 0.25) is 5.91 Å². The van der Waals surface area contributed by atoms with Gasteiger partial charge < -0.3 is 15.7 Å². The highest BCUT2D eigenvalue weighted by atomic mass is 16.3. The lowest BCUT2D eigenvalue weighted by Gasteiger charge is -2.38. The first-order chi connectivity index (χ1) is 12.7. The number of carbonyl (C=O) groups is 1. The van der Waals surface area contributed by atoms with Gasteiger partial charge in [-0.25, -0.2) is 0 Å². The molecular formula is C21H27N3O2. The molecule has 1 fully saturated rings. The molecule has 0 bridgehead atoms. The molecule has 138 valence electrons. The topological polar surface area (TPSA) is 69.8 Å². The van der Waals surface area contributed by atoms with Gasteiger partial charge in [0.05, 0.1) is 12.5 Å². The van der Waals surface area contributed by atoms with Crippen molar-refractivity contribution >= 4 is 11.6 Å². The summed E-state index contributed by atoms with van der Waals surface area (Å²) in [6, 6.07) is 20.1. The number of benzene rings is 2. The van der Waals surface area contributed by atoms with Crippen molar-refractivity contribution < 1.29 is 9.90 Å². The van der Waals surface area contributed by atoms with Gasteiger partial charge in [-0.1, -0.05) is 48.5 Å². The zero-order valence-electron chi connectivity index (χ0n) is 15.0. The van der Waals surface area contributed by atoms with Crippen LogP contribution in [0.15, 0.2) is 60.7 Å². The van der Waals surface area contributed by atoms with Crippen LogP contribution in [-0.4, -0.2) is 55.2 Å². The number of nitrogens with zero attached hydrogens (tertiary/aromatic N) is 2. The van der Waals surface area contributed by atoms with Crippen molar-refractivity contribution in [1.82, 2.24) is 4.90 Å². The van der Waals surface area contributed by atoms with Gasteiger partial charge in [-0.05, 0) is 17.7 Å². The number of hydrogen-bond donors (Lipinski definition) is 2. The number of anilines is 1. The second-order valence-corrected chi connectivity index (χ2v) is 6.83. The van der Waals surface area contributed by atoms with Gasteiger partial charge in [-0.15, -0.1) is 0 Å². The molecule has 0 aliphatic carbocycles. The van der Waals surface area contributed by atoms with Crippen LogP contribution < -0.4 is 10.6 Å². The smallest absolute Gasteiger partial charge is 0.222 e. The average Bonchev–Trinajstić information content (AvgIpc) is 2.70. The summed E-state index contributed by atoms with van der Waals surface area (Å²) in [4.78, 5) is 16.7. The molecule has 3 N–H and O–H groups in total. The van der Waals surface area contributed by atoms with Crippen molar-refractivity contribution in [2.45, 2.75) is 5.92 Å². The zero-order valence-corrected chi connectivity index (χ0v) is 15.0. The second-order valence-electron chi connectivity index (χ2n) is 6.83. The van der Waals surface area contributed by atoms with Crippen LogP contribution in [-0.2, 0) is 4.79 Å². The zero-order chi connectivity index (χ0) is 18.4. The molecule has 0 radical (unpaired) electrons. The lowest BCUT2D eigenvalue weighted by Crippen LogP contribution is -2.50. The Morgan fingerprint density at radius 1 is 0.962 bits per heavy atom. The number of hydrogen-bond acceptors (Lipinski definition) is 4. The van der Waals surface area contributed by atoms with E-state index in [1.165, 1.54) is 5.69 Å². The van der Waals surface area contributed by atoms with E-state index in [0.29, 0.717) is 6.54 Å². The van der Waals surface area contributed by atoms with E-state index in [2.05, 4.69) is 34.1 Å². The number of carbonyl (C=O) groups excluding carboxylic acids is 1. The fourth-order valence-corrected chi connectivity index (χ4v) is 3.69. The quantitative estimate of drug-likeness (QED) is 0.795. The molecule has 0 aromatic heterocycles. The maximum atomic E-state index is 12.1. The van der Waals surface area contributed by atoms with Crippen molar-refractivity contribution in [3.63, 3.8) is 0 Å². The molecule has 0 spiro atoms. The third-order valence-corrected chi connectivity index (χ3v) is 5.22. The normalized spacial score (nSPS) is 17.7. The molecule has 1 amide bonds. The van der Waals surface area contributed by atoms with E-state index in [9.17, 15) is 9.90 Å². The highest BCUT2D eigenvalue weighted by Crippen LogP contribution is 2.26. The Morgan fingerprint density at radius 3 is 2.08 bits per heavy atom. The van der Waals surface area contributed by atoms with E-state index in [1.807, 2.05) is 36.4 Å². The van der Waals surface area contributed by atoms with E-state index < -0.39 is 5.92 Å². The summed E-state index contributed by atoms with van der Waals surface area (Å²) >= 11 is 0. The molecule has 2 atom stereocenters.